The Bertz CT molecular complexity index is 1370. The van der Waals surface area contributed by atoms with Crippen LogP contribution in [-0.4, -0.2) is 79.6 Å². The summed E-state index contributed by atoms with van der Waals surface area (Å²) in [6.07, 6.45) is 1.67. The third-order valence-corrected chi connectivity index (χ3v) is 7.92. The third kappa shape index (κ3) is 6.31. The molecule has 204 valence electrons. The van der Waals surface area contributed by atoms with E-state index < -0.39 is 0 Å². The summed E-state index contributed by atoms with van der Waals surface area (Å²) in [6, 6.07) is 14.6. The van der Waals surface area contributed by atoms with Crippen LogP contribution < -0.4 is 9.64 Å². The van der Waals surface area contributed by atoms with Gasteiger partial charge in [0.2, 0.25) is 5.91 Å². The number of benzene rings is 2. The second-order valence-corrected chi connectivity index (χ2v) is 10.6. The third-order valence-electron chi connectivity index (χ3n) is 6.99. The number of amides is 2. The van der Waals surface area contributed by atoms with Crippen molar-refractivity contribution < 1.29 is 19.1 Å². The lowest BCUT2D eigenvalue weighted by Crippen LogP contribution is -2.48. The molecular weight excluding hydrogens is 563 g/mol. The van der Waals surface area contributed by atoms with E-state index in [9.17, 15) is 9.59 Å². The molecule has 0 saturated carbocycles. The highest BCUT2D eigenvalue weighted by Gasteiger charge is 2.32. The van der Waals surface area contributed by atoms with Gasteiger partial charge in [0.1, 0.15) is 17.4 Å². The van der Waals surface area contributed by atoms with Gasteiger partial charge in [-0.3, -0.25) is 19.4 Å². The summed E-state index contributed by atoms with van der Waals surface area (Å²) in [4.78, 5) is 35.9. The minimum absolute atomic E-state index is 0.156. The van der Waals surface area contributed by atoms with Crippen molar-refractivity contribution in [2.45, 2.75) is 6.04 Å². The van der Waals surface area contributed by atoms with Crippen molar-refractivity contribution in [3.63, 3.8) is 0 Å². The van der Waals surface area contributed by atoms with Crippen LogP contribution in [0.25, 0.3) is 11.1 Å². The maximum Gasteiger partial charge on any atom is 0.265 e. The zero-order valence-electron chi connectivity index (χ0n) is 21.3. The van der Waals surface area contributed by atoms with E-state index in [0.717, 1.165) is 29.8 Å². The van der Waals surface area contributed by atoms with Crippen LogP contribution in [0.15, 0.2) is 54.7 Å². The van der Waals surface area contributed by atoms with Crippen molar-refractivity contribution >= 4 is 52.3 Å². The van der Waals surface area contributed by atoms with Crippen molar-refractivity contribution in [2.75, 3.05) is 57.9 Å². The largest absolute Gasteiger partial charge is 0.482 e. The molecule has 1 atom stereocenters. The van der Waals surface area contributed by atoms with E-state index in [0.29, 0.717) is 41.4 Å². The number of nitrogens with zero attached hydrogens (tertiary/aromatic N) is 4. The first-order valence-electron chi connectivity index (χ1n) is 12.5. The van der Waals surface area contributed by atoms with Gasteiger partial charge in [0.25, 0.3) is 5.91 Å². The number of pyridine rings is 1. The second-order valence-electron chi connectivity index (χ2n) is 9.43. The molecule has 2 aromatic carbocycles. The molecule has 3 heterocycles. The normalized spacial score (nSPS) is 16.4. The van der Waals surface area contributed by atoms with E-state index in [2.05, 4.69) is 9.88 Å². The summed E-state index contributed by atoms with van der Waals surface area (Å²) in [7, 11) is 1.77. The average Bonchev–Trinajstić information content (AvgIpc) is 2.94. The van der Waals surface area contributed by atoms with Gasteiger partial charge in [-0.25, -0.2) is 4.98 Å². The molecule has 0 radical (unpaired) electrons. The van der Waals surface area contributed by atoms with Crippen LogP contribution in [-0.2, 0) is 14.3 Å². The van der Waals surface area contributed by atoms with Gasteiger partial charge in [-0.2, -0.15) is 0 Å². The van der Waals surface area contributed by atoms with Crippen molar-refractivity contribution in [3.05, 3.63) is 75.5 Å². The van der Waals surface area contributed by atoms with Crippen LogP contribution in [0.3, 0.4) is 0 Å². The first-order valence-corrected chi connectivity index (χ1v) is 13.6. The Hall–Kier alpha value is -2.88. The molecule has 3 aromatic rings. The average molecular weight is 590 g/mol. The number of hydrogen-bond donors (Lipinski definition) is 0. The van der Waals surface area contributed by atoms with Gasteiger partial charge >= 0.3 is 0 Å². The molecule has 2 aliphatic heterocycles. The summed E-state index contributed by atoms with van der Waals surface area (Å²) in [6.45, 7) is 3.14. The lowest BCUT2D eigenvalue weighted by Gasteiger charge is -2.37. The first-order chi connectivity index (χ1) is 18.8. The zero-order chi connectivity index (χ0) is 27.5. The lowest BCUT2D eigenvalue weighted by atomic mass is 10.00. The molecule has 5 rings (SSSR count). The second kappa shape index (κ2) is 12.1. The van der Waals surface area contributed by atoms with Crippen LogP contribution in [0, 0.1) is 0 Å². The molecule has 1 fully saturated rings. The molecule has 1 aromatic heterocycles. The standard InChI is InChI=1S/C28H27Cl3N4O4/c1-33(27(36)16-35-23-13-21(29)22(30)14-25(23)39-17-28(35)37)24(15-34-8-10-38-11-9-34)19-4-2-18(3-5-19)20-6-7-32-26(31)12-20/h2-7,12-14,24H,8-11,15-17H2,1H3. The molecule has 0 spiro atoms. The fraction of sp³-hybridized carbons (Fsp3) is 0.321. The fourth-order valence-corrected chi connectivity index (χ4v) is 5.24. The Labute approximate surface area is 242 Å². The Morgan fingerprint density at radius 3 is 2.46 bits per heavy atom. The quantitative estimate of drug-likeness (QED) is 0.363. The van der Waals surface area contributed by atoms with Crippen molar-refractivity contribution in [3.8, 4) is 16.9 Å². The predicted molar refractivity (Wildman–Crippen MR) is 152 cm³/mol. The number of carbonyl (C=O) groups excluding carboxylic acids is 2. The van der Waals surface area contributed by atoms with Crippen LogP contribution in [0.4, 0.5) is 5.69 Å². The molecule has 1 saturated heterocycles. The maximum atomic E-state index is 13.7. The van der Waals surface area contributed by atoms with Gasteiger partial charge in [-0.1, -0.05) is 59.1 Å². The molecule has 2 amide bonds. The van der Waals surface area contributed by atoms with Crippen molar-refractivity contribution in [1.29, 1.82) is 0 Å². The highest BCUT2D eigenvalue weighted by Crippen LogP contribution is 2.39. The summed E-state index contributed by atoms with van der Waals surface area (Å²) in [5, 5.41) is 1.02. The predicted octanol–water partition coefficient (Wildman–Crippen LogP) is 4.97. The van der Waals surface area contributed by atoms with Crippen LogP contribution in [0.1, 0.15) is 11.6 Å². The smallest absolute Gasteiger partial charge is 0.265 e. The van der Waals surface area contributed by atoms with E-state index in [4.69, 9.17) is 44.3 Å². The van der Waals surface area contributed by atoms with Gasteiger partial charge in [-0.15, -0.1) is 0 Å². The lowest BCUT2D eigenvalue weighted by molar-refractivity contribution is -0.133. The molecule has 8 nitrogen and oxygen atoms in total. The number of fused-ring (bicyclic) bond motifs is 1. The topological polar surface area (TPSA) is 75.2 Å². The van der Waals surface area contributed by atoms with Gasteiger partial charge in [0.15, 0.2) is 6.61 Å². The number of halogens is 3. The Balaban J connectivity index is 1.40. The van der Waals surface area contributed by atoms with Gasteiger partial charge < -0.3 is 14.4 Å². The summed E-state index contributed by atoms with van der Waals surface area (Å²) >= 11 is 18.4. The molecule has 1 unspecified atom stereocenters. The van der Waals surface area contributed by atoms with Crippen LogP contribution >= 0.6 is 34.8 Å². The number of ether oxygens (including phenoxy) is 2. The SMILES string of the molecule is CN(C(=O)CN1C(=O)COc2cc(Cl)c(Cl)cc21)C(CN1CCOCC1)c1ccc(-c2ccnc(Cl)c2)cc1. The van der Waals surface area contributed by atoms with Crippen molar-refractivity contribution in [2.24, 2.45) is 0 Å². The Kier molecular flexibility index (Phi) is 8.59. The number of likely N-dealkylation sites (N-methyl/N-ethyl adjacent to an activating group) is 1. The number of hydrogen-bond acceptors (Lipinski definition) is 6. The fourth-order valence-electron chi connectivity index (χ4n) is 4.75. The van der Waals surface area contributed by atoms with E-state index in [1.165, 1.54) is 4.90 Å². The number of aromatic nitrogens is 1. The molecule has 0 bridgehead atoms. The Morgan fingerprint density at radius 2 is 1.74 bits per heavy atom. The minimum Gasteiger partial charge on any atom is -0.482 e. The van der Waals surface area contributed by atoms with E-state index in [-0.39, 0.29) is 36.0 Å². The maximum absolute atomic E-state index is 13.7. The summed E-state index contributed by atoms with van der Waals surface area (Å²) in [5.74, 6) is -0.130. The molecule has 0 N–H and O–H groups in total. The van der Waals surface area contributed by atoms with Gasteiger partial charge in [0.05, 0.1) is 35.0 Å². The van der Waals surface area contributed by atoms with E-state index in [1.807, 2.05) is 36.4 Å². The zero-order valence-corrected chi connectivity index (χ0v) is 23.5. The molecule has 11 heteroatoms. The minimum atomic E-state index is -0.326. The number of anilines is 1. The van der Waals surface area contributed by atoms with Crippen LogP contribution in [0.2, 0.25) is 15.2 Å². The highest BCUT2D eigenvalue weighted by atomic mass is 35.5. The monoisotopic (exact) mass is 588 g/mol. The molecule has 39 heavy (non-hydrogen) atoms. The highest BCUT2D eigenvalue weighted by molar-refractivity contribution is 6.42. The van der Waals surface area contributed by atoms with Gasteiger partial charge in [-0.05, 0) is 34.9 Å². The van der Waals surface area contributed by atoms with Crippen molar-refractivity contribution in [1.82, 2.24) is 14.8 Å². The molecule has 2 aliphatic rings. The first kappa shape index (κ1) is 27.7. The molecule has 0 aliphatic carbocycles. The van der Waals surface area contributed by atoms with E-state index >= 15 is 0 Å². The van der Waals surface area contributed by atoms with Gasteiger partial charge in [0, 0.05) is 38.9 Å². The van der Waals surface area contributed by atoms with Crippen LogP contribution in [0.5, 0.6) is 5.75 Å². The number of morpholine rings is 1. The number of carbonyl (C=O) groups is 2. The summed E-state index contributed by atoms with van der Waals surface area (Å²) < 4.78 is 11.0. The van der Waals surface area contributed by atoms with E-state index in [1.54, 1.807) is 30.3 Å². The molecular formula is C28H27Cl3N4O4. The summed E-state index contributed by atoms with van der Waals surface area (Å²) in [5.41, 5.74) is 3.35. The Morgan fingerprint density at radius 1 is 1.03 bits per heavy atom. The number of rotatable bonds is 7.